The molecule has 0 saturated heterocycles. The van der Waals surface area contributed by atoms with Crippen LogP contribution in [0.3, 0.4) is 0 Å². The summed E-state index contributed by atoms with van der Waals surface area (Å²) in [5.74, 6) is -1.09. The fraction of sp³-hybridized carbons (Fsp3) is 0.182. The molecule has 0 radical (unpaired) electrons. The minimum atomic E-state index is -1.09. The summed E-state index contributed by atoms with van der Waals surface area (Å²) in [7, 11) is 0. The molecule has 1 heterocycles. The lowest BCUT2D eigenvalue weighted by molar-refractivity contribution is 0.0689. The largest absolute Gasteiger partial charge is 0.476 e. The first-order valence-corrected chi connectivity index (χ1v) is 6.35. The monoisotopic (exact) mass is 329 g/mol. The van der Waals surface area contributed by atoms with Gasteiger partial charge < -0.3 is 5.11 Å². The molecule has 94 valence electrons. The molecule has 0 bridgehead atoms. The average Bonchev–Trinajstić information content (AvgIpc) is 2.75. The Bertz CT molecular complexity index is 612. The first kappa shape index (κ1) is 13.0. The van der Waals surface area contributed by atoms with Gasteiger partial charge in [-0.25, -0.2) is 9.48 Å². The smallest absolute Gasteiger partial charge is 0.358 e. The predicted octanol–water partition coefficient (Wildman–Crippen LogP) is 2.94. The Morgan fingerprint density at radius 3 is 2.89 bits per heavy atom. The third-order valence-corrected chi connectivity index (χ3v) is 3.34. The summed E-state index contributed by atoms with van der Waals surface area (Å²) in [6, 6.07) is 5.21. The Labute approximate surface area is 117 Å². The van der Waals surface area contributed by atoms with Crippen LogP contribution in [-0.4, -0.2) is 26.1 Å². The molecule has 2 rings (SSSR count). The number of rotatable bonds is 3. The van der Waals surface area contributed by atoms with E-state index in [1.165, 1.54) is 4.68 Å². The van der Waals surface area contributed by atoms with Crippen LogP contribution in [0.2, 0.25) is 5.02 Å². The van der Waals surface area contributed by atoms with Crippen LogP contribution in [0.5, 0.6) is 0 Å². The van der Waals surface area contributed by atoms with E-state index >= 15 is 0 Å². The molecule has 7 heteroatoms. The van der Waals surface area contributed by atoms with E-state index in [0.29, 0.717) is 22.8 Å². The Kier molecular flexibility index (Phi) is 3.68. The van der Waals surface area contributed by atoms with Crippen LogP contribution in [0.25, 0.3) is 5.69 Å². The number of hydrogen-bond donors (Lipinski definition) is 1. The quantitative estimate of drug-likeness (QED) is 0.939. The molecular formula is C11H9BrClN3O2. The van der Waals surface area contributed by atoms with Gasteiger partial charge in [-0.2, -0.15) is 0 Å². The van der Waals surface area contributed by atoms with Crippen molar-refractivity contribution in [3.05, 3.63) is 39.1 Å². The molecule has 1 aromatic carbocycles. The molecule has 0 spiro atoms. The molecular weight excluding hydrogens is 321 g/mol. The summed E-state index contributed by atoms with van der Waals surface area (Å²) in [6.07, 6.45) is 0.508. The molecule has 1 N–H and O–H groups in total. The number of halogens is 2. The van der Waals surface area contributed by atoms with E-state index in [-0.39, 0.29) is 5.69 Å². The van der Waals surface area contributed by atoms with Gasteiger partial charge >= 0.3 is 5.97 Å². The van der Waals surface area contributed by atoms with Gasteiger partial charge in [-0.1, -0.05) is 23.7 Å². The Hall–Kier alpha value is -1.40. The highest BCUT2D eigenvalue weighted by molar-refractivity contribution is 9.10. The van der Waals surface area contributed by atoms with E-state index in [9.17, 15) is 4.79 Å². The first-order valence-electron chi connectivity index (χ1n) is 5.18. The highest BCUT2D eigenvalue weighted by Crippen LogP contribution is 2.26. The van der Waals surface area contributed by atoms with Crippen LogP contribution >= 0.6 is 27.5 Å². The average molecular weight is 331 g/mol. The van der Waals surface area contributed by atoms with Crippen LogP contribution in [0.4, 0.5) is 0 Å². The van der Waals surface area contributed by atoms with Gasteiger partial charge in [-0.05, 0) is 40.5 Å². The van der Waals surface area contributed by atoms with Gasteiger partial charge in [0.15, 0.2) is 5.69 Å². The van der Waals surface area contributed by atoms with Crippen molar-refractivity contribution in [2.45, 2.75) is 13.3 Å². The van der Waals surface area contributed by atoms with Gasteiger partial charge in [0.2, 0.25) is 0 Å². The van der Waals surface area contributed by atoms with Crippen molar-refractivity contribution < 1.29 is 9.90 Å². The van der Waals surface area contributed by atoms with Crippen molar-refractivity contribution in [2.24, 2.45) is 0 Å². The maximum absolute atomic E-state index is 11.0. The topological polar surface area (TPSA) is 68.0 Å². The molecule has 0 aliphatic heterocycles. The third-order valence-electron chi connectivity index (χ3n) is 2.44. The minimum Gasteiger partial charge on any atom is -0.476 e. The van der Waals surface area contributed by atoms with Crippen LogP contribution in [0.15, 0.2) is 22.7 Å². The van der Waals surface area contributed by atoms with E-state index in [4.69, 9.17) is 16.7 Å². The second-order valence-corrected chi connectivity index (χ2v) is 4.84. The molecule has 0 atom stereocenters. The van der Waals surface area contributed by atoms with Gasteiger partial charge in [0, 0.05) is 9.50 Å². The number of nitrogens with zero attached hydrogens (tertiary/aromatic N) is 3. The predicted molar refractivity (Wildman–Crippen MR) is 70.4 cm³/mol. The van der Waals surface area contributed by atoms with Crippen molar-refractivity contribution in [1.82, 2.24) is 15.0 Å². The summed E-state index contributed by atoms with van der Waals surface area (Å²) in [5, 5.41) is 17.1. The van der Waals surface area contributed by atoms with Gasteiger partial charge in [0.05, 0.1) is 11.4 Å². The van der Waals surface area contributed by atoms with Gasteiger partial charge in [0.25, 0.3) is 0 Å². The summed E-state index contributed by atoms with van der Waals surface area (Å²) in [4.78, 5) is 11.0. The molecule has 1 aromatic heterocycles. The SMILES string of the molecule is CCc1c(C(=O)O)nnn1-c1cc(Cl)ccc1Br. The second kappa shape index (κ2) is 5.07. The zero-order valence-corrected chi connectivity index (χ0v) is 11.7. The lowest BCUT2D eigenvalue weighted by Gasteiger charge is -2.07. The Morgan fingerprint density at radius 1 is 1.56 bits per heavy atom. The minimum absolute atomic E-state index is 0.0376. The maximum Gasteiger partial charge on any atom is 0.358 e. The summed E-state index contributed by atoms with van der Waals surface area (Å²) < 4.78 is 2.25. The van der Waals surface area contributed by atoms with E-state index < -0.39 is 5.97 Å². The lowest BCUT2D eigenvalue weighted by Crippen LogP contribution is -2.06. The van der Waals surface area contributed by atoms with Crippen LogP contribution in [0.1, 0.15) is 23.1 Å². The molecule has 0 aliphatic carbocycles. The van der Waals surface area contributed by atoms with Crippen LogP contribution < -0.4 is 0 Å². The Morgan fingerprint density at radius 2 is 2.28 bits per heavy atom. The first-order chi connectivity index (χ1) is 8.54. The van der Waals surface area contributed by atoms with Crippen molar-refractivity contribution in [3.8, 4) is 5.69 Å². The van der Waals surface area contributed by atoms with Crippen LogP contribution in [0, 0.1) is 0 Å². The van der Waals surface area contributed by atoms with Crippen LogP contribution in [-0.2, 0) is 6.42 Å². The molecule has 0 amide bonds. The second-order valence-electron chi connectivity index (χ2n) is 3.55. The number of benzene rings is 1. The Balaban J connectivity index is 2.64. The molecule has 2 aromatic rings. The van der Waals surface area contributed by atoms with Gasteiger partial charge in [0.1, 0.15) is 0 Å². The zero-order valence-electron chi connectivity index (χ0n) is 9.39. The van der Waals surface area contributed by atoms with Crippen molar-refractivity contribution in [3.63, 3.8) is 0 Å². The van der Waals surface area contributed by atoms with E-state index in [1.54, 1.807) is 18.2 Å². The molecule has 0 aliphatic rings. The molecule has 0 saturated carbocycles. The van der Waals surface area contributed by atoms with E-state index in [0.717, 1.165) is 4.47 Å². The number of carbonyl (C=O) groups is 1. The zero-order chi connectivity index (χ0) is 13.3. The highest BCUT2D eigenvalue weighted by atomic mass is 79.9. The summed E-state index contributed by atoms with van der Waals surface area (Å²) in [5.41, 5.74) is 1.16. The van der Waals surface area contributed by atoms with Crippen molar-refractivity contribution in [2.75, 3.05) is 0 Å². The van der Waals surface area contributed by atoms with Crippen molar-refractivity contribution in [1.29, 1.82) is 0 Å². The molecule has 0 unspecified atom stereocenters. The number of aromatic carboxylic acids is 1. The normalized spacial score (nSPS) is 10.6. The van der Waals surface area contributed by atoms with Crippen molar-refractivity contribution >= 4 is 33.5 Å². The van der Waals surface area contributed by atoms with E-state index in [1.807, 2.05) is 6.92 Å². The number of aromatic nitrogens is 3. The maximum atomic E-state index is 11.0. The fourth-order valence-corrected chi connectivity index (χ4v) is 2.21. The fourth-order valence-electron chi connectivity index (χ4n) is 1.63. The number of carboxylic acid groups (broad SMARTS) is 1. The summed E-state index contributed by atoms with van der Waals surface area (Å²) >= 11 is 9.32. The highest BCUT2D eigenvalue weighted by Gasteiger charge is 2.19. The molecule has 5 nitrogen and oxygen atoms in total. The number of carboxylic acids is 1. The molecule has 18 heavy (non-hydrogen) atoms. The summed E-state index contributed by atoms with van der Waals surface area (Å²) in [6.45, 7) is 1.85. The number of hydrogen-bond acceptors (Lipinski definition) is 3. The molecule has 0 fully saturated rings. The van der Waals surface area contributed by atoms with E-state index in [2.05, 4.69) is 26.2 Å². The lowest BCUT2D eigenvalue weighted by atomic mass is 10.2. The van der Waals surface area contributed by atoms with Gasteiger partial charge in [-0.15, -0.1) is 5.10 Å². The van der Waals surface area contributed by atoms with Gasteiger partial charge in [-0.3, -0.25) is 0 Å². The standard InChI is InChI=1S/C11H9BrClN3O2/c1-2-8-10(11(17)18)14-15-16(8)9-5-6(13)3-4-7(9)12/h3-5H,2H2,1H3,(H,17,18). The third kappa shape index (κ3) is 2.26.